The highest BCUT2D eigenvalue weighted by Gasteiger charge is 2.23. The van der Waals surface area contributed by atoms with Crippen LogP contribution >= 0.6 is 11.3 Å². The average molecular weight is 447 g/mol. The average Bonchev–Trinajstić information content (AvgIpc) is 3.47. The SMILES string of the molecule is COc1ccc2c(c1)c(-c1nc(-c3c[nH]c4ncccc34)cs1)cn2C(=O)OC(C)(C)C. The van der Waals surface area contributed by atoms with Crippen LogP contribution in [0.2, 0.25) is 0 Å². The highest BCUT2D eigenvalue weighted by molar-refractivity contribution is 7.13. The highest BCUT2D eigenvalue weighted by atomic mass is 32.1. The summed E-state index contributed by atoms with van der Waals surface area (Å²) in [5, 5.41) is 4.71. The standard InChI is InChI=1S/C24H22N4O3S/c1-24(2,3)31-23(29)28-12-18(16-10-14(30-4)7-8-20(16)28)22-27-19(13-32-22)17-11-26-21-15(17)6-5-9-25-21/h5-13H,1-4H3,(H,25,26). The van der Waals surface area contributed by atoms with Gasteiger partial charge in [0.25, 0.3) is 0 Å². The first-order valence-electron chi connectivity index (χ1n) is 10.1. The lowest BCUT2D eigenvalue weighted by Crippen LogP contribution is -2.26. The molecule has 1 N–H and O–H groups in total. The molecule has 0 atom stereocenters. The van der Waals surface area contributed by atoms with E-state index < -0.39 is 11.7 Å². The maximum Gasteiger partial charge on any atom is 0.419 e. The number of H-pyrrole nitrogens is 1. The van der Waals surface area contributed by atoms with Gasteiger partial charge in [-0.3, -0.25) is 4.57 Å². The van der Waals surface area contributed by atoms with Crippen LogP contribution in [0.15, 0.2) is 54.3 Å². The van der Waals surface area contributed by atoms with E-state index in [0.717, 1.165) is 43.8 Å². The molecule has 0 unspecified atom stereocenters. The van der Waals surface area contributed by atoms with Gasteiger partial charge >= 0.3 is 6.09 Å². The van der Waals surface area contributed by atoms with Crippen molar-refractivity contribution in [2.24, 2.45) is 0 Å². The van der Waals surface area contributed by atoms with Crippen molar-refractivity contribution in [2.75, 3.05) is 7.11 Å². The number of ether oxygens (including phenoxy) is 2. The minimum absolute atomic E-state index is 0.432. The zero-order chi connectivity index (χ0) is 22.5. The maximum absolute atomic E-state index is 12.9. The fourth-order valence-corrected chi connectivity index (χ4v) is 4.50. The number of thiazole rings is 1. The molecule has 0 saturated carbocycles. The molecule has 5 aromatic rings. The van der Waals surface area contributed by atoms with Crippen LogP contribution < -0.4 is 4.74 Å². The molecular weight excluding hydrogens is 424 g/mol. The zero-order valence-electron chi connectivity index (χ0n) is 18.2. The van der Waals surface area contributed by atoms with E-state index in [9.17, 15) is 4.79 Å². The summed E-state index contributed by atoms with van der Waals surface area (Å²) in [7, 11) is 1.62. The molecule has 0 fully saturated rings. The fraction of sp³-hybridized carbons (Fsp3) is 0.208. The number of hydrogen-bond donors (Lipinski definition) is 1. The number of nitrogens with one attached hydrogen (secondary N) is 1. The molecule has 4 aromatic heterocycles. The lowest BCUT2D eigenvalue weighted by atomic mass is 10.1. The second-order valence-corrected chi connectivity index (χ2v) is 9.27. The number of benzene rings is 1. The molecule has 0 amide bonds. The topological polar surface area (TPSA) is 82.0 Å². The molecule has 0 aliphatic carbocycles. The summed E-state index contributed by atoms with van der Waals surface area (Å²) >= 11 is 1.52. The van der Waals surface area contributed by atoms with Crippen LogP contribution in [0.1, 0.15) is 20.8 Å². The number of aromatic amines is 1. The van der Waals surface area contributed by atoms with Crippen LogP contribution in [0.3, 0.4) is 0 Å². The molecule has 0 bridgehead atoms. The Morgan fingerprint density at radius 1 is 1.16 bits per heavy atom. The van der Waals surface area contributed by atoms with Crippen molar-refractivity contribution in [3.05, 3.63) is 54.3 Å². The quantitative estimate of drug-likeness (QED) is 0.362. The zero-order valence-corrected chi connectivity index (χ0v) is 19.0. The van der Waals surface area contributed by atoms with E-state index in [1.54, 1.807) is 19.5 Å². The van der Waals surface area contributed by atoms with Gasteiger partial charge in [-0.2, -0.15) is 0 Å². The number of rotatable bonds is 3. The molecule has 162 valence electrons. The first-order valence-corrected chi connectivity index (χ1v) is 11.0. The molecule has 0 aliphatic rings. The number of aromatic nitrogens is 4. The Hall–Kier alpha value is -3.65. The number of hydrogen-bond acceptors (Lipinski definition) is 6. The lowest BCUT2D eigenvalue weighted by molar-refractivity contribution is 0.0544. The van der Waals surface area contributed by atoms with E-state index in [1.807, 2.05) is 62.7 Å². The van der Waals surface area contributed by atoms with Crippen LogP contribution in [0.4, 0.5) is 4.79 Å². The number of nitrogens with zero attached hydrogens (tertiary/aromatic N) is 3. The Morgan fingerprint density at radius 2 is 2.00 bits per heavy atom. The minimum Gasteiger partial charge on any atom is -0.497 e. The smallest absolute Gasteiger partial charge is 0.419 e. The summed E-state index contributed by atoms with van der Waals surface area (Å²) in [5.74, 6) is 0.708. The van der Waals surface area contributed by atoms with Crippen molar-refractivity contribution in [1.29, 1.82) is 0 Å². The van der Waals surface area contributed by atoms with E-state index in [0.29, 0.717) is 5.75 Å². The van der Waals surface area contributed by atoms with Gasteiger partial charge in [0.15, 0.2) is 0 Å². The summed E-state index contributed by atoms with van der Waals surface area (Å²) in [6.07, 6.45) is 5.04. The third-order valence-corrected chi connectivity index (χ3v) is 5.94. The molecule has 5 rings (SSSR count). The number of carbonyl (C=O) groups excluding carboxylic acids is 1. The maximum atomic E-state index is 12.9. The number of carbonyl (C=O) groups is 1. The van der Waals surface area contributed by atoms with Gasteiger partial charge in [-0.05, 0) is 51.1 Å². The predicted molar refractivity (Wildman–Crippen MR) is 126 cm³/mol. The first kappa shape index (κ1) is 20.3. The number of methoxy groups -OCH3 is 1. The molecule has 4 heterocycles. The molecule has 0 radical (unpaired) electrons. The summed E-state index contributed by atoms with van der Waals surface area (Å²) in [6, 6.07) is 9.54. The van der Waals surface area contributed by atoms with Crippen LogP contribution in [0.5, 0.6) is 5.75 Å². The summed E-state index contributed by atoms with van der Waals surface area (Å²) < 4.78 is 12.6. The summed E-state index contributed by atoms with van der Waals surface area (Å²) in [6.45, 7) is 5.55. The van der Waals surface area contributed by atoms with Crippen LogP contribution in [-0.2, 0) is 4.74 Å². The summed E-state index contributed by atoms with van der Waals surface area (Å²) in [4.78, 5) is 25.3. The van der Waals surface area contributed by atoms with Gasteiger partial charge in [0, 0.05) is 45.9 Å². The van der Waals surface area contributed by atoms with Crippen molar-refractivity contribution in [2.45, 2.75) is 26.4 Å². The van der Waals surface area contributed by atoms with Crippen LogP contribution in [0.25, 0.3) is 43.8 Å². The van der Waals surface area contributed by atoms with Crippen LogP contribution in [-0.4, -0.2) is 38.3 Å². The van der Waals surface area contributed by atoms with Crippen molar-refractivity contribution < 1.29 is 14.3 Å². The highest BCUT2D eigenvalue weighted by Crippen LogP contribution is 2.38. The van der Waals surface area contributed by atoms with E-state index in [-0.39, 0.29) is 0 Å². The predicted octanol–water partition coefficient (Wildman–Crippen LogP) is 6.10. The monoisotopic (exact) mass is 446 g/mol. The van der Waals surface area contributed by atoms with Crippen molar-refractivity contribution >= 4 is 39.4 Å². The first-order chi connectivity index (χ1) is 15.3. The Bertz CT molecular complexity index is 1460. The molecule has 1 aromatic carbocycles. The van der Waals surface area contributed by atoms with Crippen molar-refractivity contribution in [1.82, 2.24) is 19.5 Å². The van der Waals surface area contributed by atoms with Gasteiger partial charge in [0.1, 0.15) is 22.0 Å². The van der Waals surface area contributed by atoms with E-state index in [4.69, 9.17) is 14.5 Å². The van der Waals surface area contributed by atoms with Crippen molar-refractivity contribution in [3.8, 4) is 27.6 Å². The largest absolute Gasteiger partial charge is 0.497 e. The molecule has 0 saturated heterocycles. The molecule has 32 heavy (non-hydrogen) atoms. The van der Waals surface area contributed by atoms with Crippen LogP contribution in [0, 0.1) is 0 Å². The Labute approximate surface area is 188 Å². The second-order valence-electron chi connectivity index (χ2n) is 8.42. The molecule has 0 aliphatic heterocycles. The van der Waals surface area contributed by atoms with E-state index in [2.05, 4.69) is 9.97 Å². The Morgan fingerprint density at radius 3 is 2.78 bits per heavy atom. The molecular formula is C24H22N4O3S. The van der Waals surface area contributed by atoms with E-state index >= 15 is 0 Å². The Kier molecular flexibility index (Phi) is 4.74. The van der Waals surface area contributed by atoms with Gasteiger partial charge in [-0.15, -0.1) is 11.3 Å². The second kappa shape index (κ2) is 7.49. The molecule has 7 nitrogen and oxygen atoms in total. The Balaban J connectivity index is 1.63. The lowest BCUT2D eigenvalue weighted by Gasteiger charge is -2.19. The molecule has 0 spiro atoms. The van der Waals surface area contributed by atoms with Gasteiger partial charge in [0.2, 0.25) is 0 Å². The minimum atomic E-state index is -0.599. The third kappa shape index (κ3) is 3.52. The summed E-state index contributed by atoms with van der Waals surface area (Å²) in [5.41, 5.74) is 3.65. The fourth-order valence-electron chi connectivity index (χ4n) is 3.66. The number of fused-ring (bicyclic) bond motifs is 2. The van der Waals surface area contributed by atoms with Gasteiger partial charge in [-0.1, -0.05) is 0 Å². The number of pyridine rings is 1. The van der Waals surface area contributed by atoms with Gasteiger partial charge in [-0.25, -0.2) is 14.8 Å². The van der Waals surface area contributed by atoms with Gasteiger partial charge < -0.3 is 14.5 Å². The third-order valence-electron chi connectivity index (χ3n) is 5.06. The van der Waals surface area contributed by atoms with Crippen molar-refractivity contribution in [3.63, 3.8) is 0 Å². The molecule has 8 heteroatoms. The van der Waals surface area contributed by atoms with E-state index in [1.165, 1.54) is 15.9 Å². The van der Waals surface area contributed by atoms with Gasteiger partial charge in [0.05, 0.1) is 18.3 Å². The normalized spacial score (nSPS) is 11.9.